The Morgan fingerprint density at radius 3 is 2.19 bits per heavy atom. The first-order chi connectivity index (χ1) is 17.1. The molecule has 36 heavy (non-hydrogen) atoms. The first-order valence-corrected chi connectivity index (χ1v) is 12.5. The maximum absolute atomic E-state index is 13.3. The molecule has 192 valence electrons. The number of benzene rings is 2. The number of ether oxygens (including phenoxy) is 2. The monoisotopic (exact) mass is 494 g/mol. The van der Waals surface area contributed by atoms with Crippen molar-refractivity contribution in [3.63, 3.8) is 0 Å². The Hall–Kier alpha value is -3.55. The fraction of sp³-hybridized carbons (Fsp3) is 0.464. The first-order valence-electron chi connectivity index (χ1n) is 12.5. The van der Waals surface area contributed by atoms with Crippen LogP contribution in [0.25, 0.3) is 11.1 Å². The van der Waals surface area contributed by atoms with E-state index in [0.29, 0.717) is 19.3 Å². The van der Waals surface area contributed by atoms with E-state index in [1.54, 1.807) is 25.7 Å². The number of hydrogen-bond donors (Lipinski definition) is 2. The average molecular weight is 495 g/mol. The smallest absolute Gasteiger partial charge is 0.410 e. The third-order valence-electron chi connectivity index (χ3n) is 6.69. The molecule has 2 aliphatic rings. The van der Waals surface area contributed by atoms with Crippen molar-refractivity contribution < 1.29 is 29.0 Å². The normalized spacial score (nSPS) is 19.2. The second kappa shape index (κ2) is 10.6. The number of hydrogen-bond acceptors (Lipinski definition) is 5. The maximum Gasteiger partial charge on any atom is 0.410 e. The maximum atomic E-state index is 13.3. The highest BCUT2D eigenvalue weighted by atomic mass is 16.6. The lowest BCUT2D eigenvalue weighted by molar-refractivity contribution is -0.137. The lowest BCUT2D eigenvalue weighted by Gasteiger charge is -2.39. The standard InChI is InChI=1S/C28H34N2O6/c1-28(2,3)36-26(33)29-18-12-13-19(14-15-25(31)32)30(16-18)27(34)35-17-24-22-10-6-4-8-20(22)21-9-5-7-11-23(21)24/h4-11,18-19,24H,12-17H2,1-3H3,(H,29,33)(H,31,32). The van der Waals surface area contributed by atoms with Crippen LogP contribution in [-0.4, -0.2) is 59.0 Å². The predicted molar refractivity (Wildman–Crippen MR) is 135 cm³/mol. The van der Waals surface area contributed by atoms with Gasteiger partial charge in [0, 0.05) is 31.0 Å². The molecule has 8 nitrogen and oxygen atoms in total. The van der Waals surface area contributed by atoms with E-state index < -0.39 is 23.8 Å². The minimum Gasteiger partial charge on any atom is -0.481 e. The number of likely N-dealkylation sites (tertiary alicyclic amines) is 1. The van der Waals surface area contributed by atoms with Crippen molar-refractivity contribution >= 4 is 18.2 Å². The van der Waals surface area contributed by atoms with Crippen LogP contribution in [0.2, 0.25) is 0 Å². The Morgan fingerprint density at radius 2 is 1.61 bits per heavy atom. The van der Waals surface area contributed by atoms with Gasteiger partial charge >= 0.3 is 18.2 Å². The summed E-state index contributed by atoms with van der Waals surface area (Å²) in [6.45, 7) is 5.79. The minimum absolute atomic E-state index is 0.0397. The number of fused-ring (bicyclic) bond motifs is 3. The van der Waals surface area contributed by atoms with Crippen LogP contribution < -0.4 is 5.32 Å². The zero-order valence-electron chi connectivity index (χ0n) is 21.0. The summed E-state index contributed by atoms with van der Waals surface area (Å²) in [5.41, 5.74) is 3.91. The molecule has 2 unspecified atom stereocenters. The molecule has 0 aromatic heterocycles. The number of aliphatic carboxylic acids is 1. The number of carboxylic acids is 1. The van der Waals surface area contributed by atoms with Crippen LogP contribution >= 0.6 is 0 Å². The van der Waals surface area contributed by atoms with Gasteiger partial charge in [-0.3, -0.25) is 4.79 Å². The Bertz CT molecular complexity index is 1080. The minimum atomic E-state index is -0.906. The number of nitrogens with one attached hydrogen (secondary N) is 1. The summed E-state index contributed by atoms with van der Waals surface area (Å²) >= 11 is 0. The van der Waals surface area contributed by atoms with Crippen molar-refractivity contribution in [2.24, 2.45) is 0 Å². The zero-order valence-corrected chi connectivity index (χ0v) is 21.0. The topological polar surface area (TPSA) is 105 Å². The molecule has 8 heteroatoms. The van der Waals surface area contributed by atoms with Crippen LogP contribution in [0.5, 0.6) is 0 Å². The Kier molecular flexibility index (Phi) is 7.52. The fourth-order valence-electron chi connectivity index (χ4n) is 5.11. The Balaban J connectivity index is 1.45. The van der Waals surface area contributed by atoms with Crippen LogP contribution in [0.4, 0.5) is 9.59 Å². The van der Waals surface area contributed by atoms with Crippen molar-refractivity contribution in [1.29, 1.82) is 0 Å². The quantitative estimate of drug-likeness (QED) is 0.575. The van der Waals surface area contributed by atoms with Crippen molar-refractivity contribution in [2.75, 3.05) is 13.2 Å². The fourth-order valence-corrected chi connectivity index (χ4v) is 5.11. The number of alkyl carbamates (subject to hydrolysis) is 1. The van der Waals surface area contributed by atoms with Crippen molar-refractivity contribution in [1.82, 2.24) is 10.2 Å². The Labute approximate surface area is 211 Å². The van der Waals surface area contributed by atoms with Crippen LogP contribution in [0, 0.1) is 0 Å². The lowest BCUT2D eigenvalue weighted by atomic mass is 9.95. The van der Waals surface area contributed by atoms with E-state index in [-0.39, 0.29) is 37.6 Å². The molecule has 2 amide bonds. The third kappa shape index (κ3) is 5.98. The second-order valence-electron chi connectivity index (χ2n) is 10.5. The molecule has 1 fully saturated rings. The van der Waals surface area contributed by atoms with Gasteiger partial charge in [0.05, 0.1) is 0 Å². The van der Waals surface area contributed by atoms with Gasteiger partial charge in [-0.2, -0.15) is 0 Å². The molecule has 2 atom stereocenters. The van der Waals surface area contributed by atoms with Crippen LogP contribution in [0.3, 0.4) is 0 Å². The lowest BCUT2D eigenvalue weighted by Crippen LogP contribution is -2.54. The molecule has 1 aliphatic heterocycles. The van der Waals surface area contributed by atoms with Crippen LogP contribution in [0.15, 0.2) is 48.5 Å². The molecule has 4 rings (SSSR count). The highest BCUT2D eigenvalue weighted by Crippen LogP contribution is 2.44. The molecular weight excluding hydrogens is 460 g/mol. The number of amides is 2. The second-order valence-corrected chi connectivity index (χ2v) is 10.5. The predicted octanol–water partition coefficient (Wildman–Crippen LogP) is 5.16. The summed E-state index contributed by atoms with van der Waals surface area (Å²) in [6.07, 6.45) is 0.446. The molecule has 1 saturated heterocycles. The molecule has 2 aromatic carbocycles. The van der Waals surface area contributed by atoms with E-state index in [1.807, 2.05) is 24.3 Å². The van der Waals surface area contributed by atoms with E-state index >= 15 is 0 Å². The number of piperidine rings is 1. The first kappa shape index (κ1) is 25.5. The highest BCUT2D eigenvalue weighted by Gasteiger charge is 2.35. The van der Waals surface area contributed by atoms with Gasteiger partial charge in [0.15, 0.2) is 0 Å². The molecule has 1 aliphatic carbocycles. The SMILES string of the molecule is CC(C)(C)OC(=O)NC1CCC(CCC(=O)O)N(C(=O)OCC2c3ccccc3-c3ccccc32)C1. The summed E-state index contributed by atoms with van der Waals surface area (Å²) in [6, 6.07) is 15.7. The average Bonchev–Trinajstić information content (AvgIpc) is 3.14. The van der Waals surface area contributed by atoms with Gasteiger partial charge in [0.1, 0.15) is 12.2 Å². The largest absolute Gasteiger partial charge is 0.481 e. The molecule has 0 spiro atoms. The van der Waals surface area contributed by atoms with Gasteiger partial charge < -0.3 is 24.8 Å². The van der Waals surface area contributed by atoms with Crippen molar-refractivity contribution in [2.45, 2.75) is 70.1 Å². The Morgan fingerprint density at radius 1 is 1.00 bits per heavy atom. The van der Waals surface area contributed by atoms with Gasteiger partial charge in [-0.15, -0.1) is 0 Å². The molecule has 1 heterocycles. The van der Waals surface area contributed by atoms with E-state index in [0.717, 1.165) is 22.3 Å². The molecule has 0 saturated carbocycles. The summed E-state index contributed by atoms with van der Waals surface area (Å²) in [5, 5.41) is 12.0. The molecule has 2 aromatic rings. The number of rotatable bonds is 6. The summed E-state index contributed by atoms with van der Waals surface area (Å²) < 4.78 is 11.2. The number of carbonyl (C=O) groups excluding carboxylic acids is 2. The number of nitrogens with zero attached hydrogens (tertiary/aromatic N) is 1. The van der Waals surface area contributed by atoms with E-state index in [2.05, 4.69) is 29.6 Å². The molecule has 2 N–H and O–H groups in total. The van der Waals surface area contributed by atoms with Crippen molar-refractivity contribution in [3.05, 3.63) is 59.7 Å². The molecular formula is C28H34N2O6. The summed E-state index contributed by atoms with van der Waals surface area (Å²) in [5.74, 6) is -0.976. The van der Waals surface area contributed by atoms with Gasteiger partial charge in [-0.1, -0.05) is 48.5 Å². The number of carboxylic acid groups (broad SMARTS) is 1. The van der Waals surface area contributed by atoms with Gasteiger partial charge in [-0.25, -0.2) is 9.59 Å². The van der Waals surface area contributed by atoms with Gasteiger partial charge in [0.2, 0.25) is 0 Å². The van der Waals surface area contributed by atoms with Gasteiger partial charge in [-0.05, 0) is 62.3 Å². The summed E-state index contributed by atoms with van der Waals surface area (Å²) in [4.78, 5) is 38.4. The van der Waals surface area contributed by atoms with E-state index in [1.165, 1.54) is 0 Å². The van der Waals surface area contributed by atoms with Crippen LogP contribution in [0.1, 0.15) is 63.5 Å². The van der Waals surface area contributed by atoms with Gasteiger partial charge in [0.25, 0.3) is 0 Å². The van der Waals surface area contributed by atoms with Crippen LogP contribution in [-0.2, 0) is 14.3 Å². The summed E-state index contributed by atoms with van der Waals surface area (Å²) in [7, 11) is 0. The molecule has 0 radical (unpaired) electrons. The number of carbonyl (C=O) groups is 3. The van der Waals surface area contributed by atoms with Crippen molar-refractivity contribution in [3.8, 4) is 11.1 Å². The third-order valence-corrected chi connectivity index (χ3v) is 6.69. The van der Waals surface area contributed by atoms with E-state index in [9.17, 15) is 19.5 Å². The highest BCUT2D eigenvalue weighted by molar-refractivity contribution is 5.79. The zero-order chi connectivity index (χ0) is 25.9. The molecule has 0 bridgehead atoms. The van der Waals surface area contributed by atoms with E-state index in [4.69, 9.17) is 9.47 Å².